The average molecular weight is 286 g/mol. The van der Waals surface area contributed by atoms with Crippen LogP contribution in [0, 0.1) is 23.7 Å². The third-order valence-corrected chi connectivity index (χ3v) is 4.51. The summed E-state index contributed by atoms with van der Waals surface area (Å²) in [5.41, 5.74) is 1.10. The van der Waals surface area contributed by atoms with Crippen LogP contribution in [0.4, 0.5) is 0 Å². The topological polar surface area (TPSA) is 79.3 Å². The van der Waals surface area contributed by atoms with Crippen molar-refractivity contribution in [3.8, 4) is 0 Å². The Hall–Kier alpha value is -2.17. The van der Waals surface area contributed by atoms with Crippen LogP contribution < -0.4 is 5.32 Å². The highest BCUT2D eigenvalue weighted by molar-refractivity contribution is 5.86. The van der Waals surface area contributed by atoms with E-state index in [0.29, 0.717) is 6.54 Å². The highest BCUT2D eigenvalue weighted by Crippen LogP contribution is 2.48. The number of rotatable bonds is 5. The average Bonchev–Trinajstić information content (AvgIpc) is 3.08. The van der Waals surface area contributed by atoms with Crippen LogP contribution in [-0.4, -0.2) is 28.5 Å². The molecule has 2 N–H and O–H groups in total. The number of carboxylic acids is 1. The van der Waals surface area contributed by atoms with Crippen LogP contribution in [0.2, 0.25) is 0 Å². The minimum Gasteiger partial charge on any atom is -0.481 e. The van der Waals surface area contributed by atoms with Crippen molar-refractivity contribution in [3.63, 3.8) is 0 Å². The maximum atomic E-state index is 12.3. The third kappa shape index (κ3) is 2.68. The quantitative estimate of drug-likeness (QED) is 0.799. The summed E-state index contributed by atoms with van der Waals surface area (Å²) >= 11 is 0. The molecule has 5 heteroatoms. The van der Waals surface area contributed by atoms with Crippen LogP contribution in [0.25, 0.3) is 0 Å². The number of pyridine rings is 1. The molecule has 2 aliphatic carbocycles. The van der Waals surface area contributed by atoms with Crippen molar-refractivity contribution in [3.05, 3.63) is 42.2 Å². The number of carbonyl (C=O) groups excluding carboxylic acids is 1. The molecule has 1 saturated carbocycles. The Kier molecular flexibility index (Phi) is 3.73. The molecule has 1 aromatic heterocycles. The Morgan fingerprint density at radius 2 is 1.86 bits per heavy atom. The zero-order valence-electron chi connectivity index (χ0n) is 11.6. The standard InChI is InChI=1S/C16H18N2O3/c19-15(18-8-5-10-3-6-17-7-4-10)13-11-1-2-12(9-11)14(13)16(20)21/h1-4,6-7,11-14H,5,8-9H2,(H,18,19)(H,20,21)/t11-,12+,13-,14+/m1/s1. The molecule has 3 rings (SSSR count). The summed E-state index contributed by atoms with van der Waals surface area (Å²) in [6.07, 6.45) is 8.90. The number of nitrogens with zero attached hydrogens (tertiary/aromatic N) is 1. The predicted octanol–water partition coefficient (Wildman–Crippen LogP) is 1.26. The number of aliphatic carboxylic acids is 1. The van der Waals surface area contributed by atoms with E-state index in [9.17, 15) is 14.7 Å². The van der Waals surface area contributed by atoms with Crippen molar-refractivity contribution >= 4 is 11.9 Å². The summed E-state index contributed by atoms with van der Waals surface area (Å²) < 4.78 is 0. The molecule has 0 radical (unpaired) electrons. The summed E-state index contributed by atoms with van der Waals surface area (Å²) in [6, 6.07) is 3.82. The van der Waals surface area contributed by atoms with Crippen LogP contribution in [0.15, 0.2) is 36.7 Å². The first kappa shape index (κ1) is 13.8. The maximum absolute atomic E-state index is 12.3. The smallest absolute Gasteiger partial charge is 0.307 e. The van der Waals surface area contributed by atoms with Crippen molar-refractivity contribution in [2.45, 2.75) is 12.8 Å². The van der Waals surface area contributed by atoms with Crippen LogP contribution in [0.3, 0.4) is 0 Å². The van der Waals surface area contributed by atoms with Crippen LogP contribution >= 0.6 is 0 Å². The molecule has 0 aromatic carbocycles. The Balaban J connectivity index is 1.58. The summed E-state index contributed by atoms with van der Waals surface area (Å²) in [5.74, 6) is -1.88. The normalized spacial score (nSPS) is 29.5. The van der Waals surface area contributed by atoms with Crippen molar-refractivity contribution in [2.75, 3.05) is 6.54 Å². The molecule has 0 saturated heterocycles. The first-order valence-electron chi connectivity index (χ1n) is 7.24. The van der Waals surface area contributed by atoms with E-state index in [4.69, 9.17) is 0 Å². The minimum atomic E-state index is -0.860. The molecule has 0 unspecified atom stereocenters. The molecule has 2 aliphatic rings. The van der Waals surface area contributed by atoms with Crippen molar-refractivity contribution in [2.24, 2.45) is 23.7 Å². The molecular weight excluding hydrogens is 268 g/mol. The van der Waals surface area contributed by atoms with Gasteiger partial charge in [0.15, 0.2) is 0 Å². The van der Waals surface area contributed by atoms with E-state index in [1.807, 2.05) is 24.3 Å². The van der Waals surface area contributed by atoms with Gasteiger partial charge in [-0.2, -0.15) is 0 Å². The van der Waals surface area contributed by atoms with Crippen molar-refractivity contribution in [1.29, 1.82) is 0 Å². The van der Waals surface area contributed by atoms with E-state index in [1.165, 1.54) is 0 Å². The van der Waals surface area contributed by atoms with Gasteiger partial charge in [0.1, 0.15) is 0 Å². The van der Waals surface area contributed by atoms with E-state index < -0.39 is 17.8 Å². The van der Waals surface area contributed by atoms with Gasteiger partial charge in [-0.3, -0.25) is 14.6 Å². The summed E-state index contributed by atoms with van der Waals surface area (Å²) in [5, 5.41) is 12.2. The fraction of sp³-hybridized carbons (Fsp3) is 0.438. The molecule has 2 bridgehead atoms. The second kappa shape index (κ2) is 5.68. The minimum absolute atomic E-state index is 0.0171. The van der Waals surface area contributed by atoms with E-state index in [-0.39, 0.29) is 17.7 Å². The van der Waals surface area contributed by atoms with Gasteiger partial charge in [-0.15, -0.1) is 0 Å². The van der Waals surface area contributed by atoms with Gasteiger partial charge in [0.25, 0.3) is 0 Å². The van der Waals surface area contributed by atoms with Crippen molar-refractivity contribution < 1.29 is 14.7 Å². The number of hydrogen-bond donors (Lipinski definition) is 2. The molecule has 4 atom stereocenters. The molecule has 1 aromatic rings. The number of aromatic nitrogens is 1. The Morgan fingerprint density at radius 3 is 2.52 bits per heavy atom. The molecule has 0 aliphatic heterocycles. The number of fused-ring (bicyclic) bond motifs is 2. The monoisotopic (exact) mass is 286 g/mol. The SMILES string of the molecule is O=C(O)[C@@H]1[C@H](C(=O)NCCc2ccncc2)[C@@H]2C=C[C@H]1C2. The zero-order chi connectivity index (χ0) is 14.8. The Labute approximate surface area is 123 Å². The molecule has 21 heavy (non-hydrogen) atoms. The van der Waals surface area contributed by atoms with Gasteiger partial charge in [0, 0.05) is 18.9 Å². The lowest BCUT2D eigenvalue weighted by molar-refractivity contribution is -0.147. The molecule has 1 amide bonds. The maximum Gasteiger partial charge on any atom is 0.307 e. The lowest BCUT2D eigenvalue weighted by Gasteiger charge is -2.23. The number of carboxylic acid groups (broad SMARTS) is 1. The fourth-order valence-corrected chi connectivity index (χ4v) is 3.51. The number of carbonyl (C=O) groups is 2. The van der Waals surface area contributed by atoms with Crippen molar-refractivity contribution in [1.82, 2.24) is 10.3 Å². The van der Waals surface area contributed by atoms with E-state index >= 15 is 0 Å². The van der Waals surface area contributed by atoms with Gasteiger partial charge in [0.2, 0.25) is 5.91 Å². The molecular formula is C16H18N2O3. The predicted molar refractivity (Wildman–Crippen MR) is 76.3 cm³/mol. The zero-order valence-corrected chi connectivity index (χ0v) is 11.6. The first-order valence-corrected chi connectivity index (χ1v) is 7.24. The highest BCUT2D eigenvalue weighted by atomic mass is 16.4. The fourth-order valence-electron chi connectivity index (χ4n) is 3.51. The van der Waals surface area contributed by atoms with E-state index in [2.05, 4.69) is 10.3 Å². The number of amides is 1. The molecule has 1 heterocycles. The Bertz CT molecular complexity index is 570. The summed E-state index contributed by atoms with van der Waals surface area (Å²) in [7, 11) is 0. The number of allylic oxidation sites excluding steroid dienone is 2. The van der Waals surface area contributed by atoms with E-state index in [0.717, 1.165) is 18.4 Å². The van der Waals surface area contributed by atoms with E-state index in [1.54, 1.807) is 12.4 Å². The summed E-state index contributed by atoms with van der Waals surface area (Å²) in [4.78, 5) is 27.6. The second-order valence-electron chi connectivity index (χ2n) is 5.73. The molecule has 5 nitrogen and oxygen atoms in total. The van der Waals surface area contributed by atoms with Gasteiger partial charge in [-0.25, -0.2) is 0 Å². The van der Waals surface area contributed by atoms with Gasteiger partial charge in [-0.1, -0.05) is 12.2 Å². The third-order valence-electron chi connectivity index (χ3n) is 4.51. The second-order valence-corrected chi connectivity index (χ2v) is 5.73. The van der Waals surface area contributed by atoms with Crippen LogP contribution in [0.1, 0.15) is 12.0 Å². The van der Waals surface area contributed by atoms with Gasteiger partial charge >= 0.3 is 5.97 Å². The highest BCUT2D eigenvalue weighted by Gasteiger charge is 2.51. The number of nitrogens with one attached hydrogen (secondary N) is 1. The first-order chi connectivity index (χ1) is 10.2. The van der Waals surface area contributed by atoms with Gasteiger partial charge in [0.05, 0.1) is 11.8 Å². The van der Waals surface area contributed by atoms with Crippen LogP contribution in [0.5, 0.6) is 0 Å². The molecule has 1 fully saturated rings. The lowest BCUT2D eigenvalue weighted by Crippen LogP contribution is -2.40. The lowest BCUT2D eigenvalue weighted by atomic mass is 9.82. The molecule has 0 spiro atoms. The summed E-state index contributed by atoms with van der Waals surface area (Å²) in [6.45, 7) is 0.521. The largest absolute Gasteiger partial charge is 0.481 e. The van der Waals surface area contributed by atoms with Gasteiger partial charge in [-0.05, 0) is 42.4 Å². The number of hydrogen-bond acceptors (Lipinski definition) is 3. The molecule has 110 valence electrons. The van der Waals surface area contributed by atoms with Crippen LogP contribution in [-0.2, 0) is 16.0 Å². The Morgan fingerprint density at radius 1 is 1.19 bits per heavy atom. The van der Waals surface area contributed by atoms with Gasteiger partial charge < -0.3 is 10.4 Å².